The molecular formula is C26H30N4O2. The summed E-state index contributed by atoms with van der Waals surface area (Å²) in [7, 11) is 0. The zero-order valence-electron chi connectivity index (χ0n) is 18.9. The van der Waals surface area contributed by atoms with Crippen molar-refractivity contribution >= 4 is 28.2 Å². The number of ether oxygens (including phenoxy) is 1. The lowest BCUT2D eigenvalue weighted by atomic mass is 10.0. The Morgan fingerprint density at radius 2 is 1.59 bits per heavy atom. The third kappa shape index (κ3) is 3.91. The quantitative estimate of drug-likeness (QED) is 0.635. The third-order valence-electron chi connectivity index (χ3n) is 6.57. The molecule has 3 aromatic rings. The summed E-state index contributed by atoms with van der Waals surface area (Å²) < 4.78 is 5.49. The number of pyridine rings is 1. The van der Waals surface area contributed by atoms with Gasteiger partial charge < -0.3 is 19.4 Å². The molecular weight excluding hydrogens is 400 g/mol. The van der Waals surface area contributed by atoms with Gasteiger partial charge >= 0.3 is 0 Å². The molecule has 3 heterocycles. The number of anilines is 2. The van der Waals surface area contributed by atoms with Crippen molar-refractivity contribution in [2.45, 2.75) is 13.8 Å². The first-order valence-corrected chi connectivity index (χ1v) is 11.4. The molecule has 0 aliphatic carbocycles. The first-order chi connectivity index (χ1) is 15.6. The number of amides is 1. The van der Waals surface area contributed by atoms with Crippen LogP contribution in [-0.2, 0) is 4.74 Å². The number of benzene rings is 2. The SMILES string of the molecule is Cc1ccc(N2CCN(C(=O)c3cnc(N4CCOCC4)c4ccccc34)CC2)c(C)c1. The van der Waals surface area contributed by atoms with Gasteiger partial charge in [0.2, 0.25) is 0 Å². The van der Waals surface area contributed by atoms with Crippen LogP contribution in [0.15, 0.2) is 48.7 Å². The van der Waals surface area contributed by atoms with Crippen molar-refractivity contribution in [3.63, 3.8) is 0 Å². The molecule has 2 fully saturated rings. The molecule has 32 heavy (non-hydrogen) atoms. The van der Waals surface area contributed by atoms with Gasteiger partial charge in [-0.25, -0.2) is 4.98 Å². The zero-order chi connectivity index (χ0) is 22.1. The van der Waals surface area contributed by atoms with E-state index in [1.165, 1.54) is 16.8 Å². The molecule has 166 valence electrons. The van der Waals surface area contributed by atoms with Crippen molar-refractivity contribution in [3.8, 4) is 0 Å². The molecule has 0 spiro atoms. The molecule has 1 amide bonds. The third-order valence-corrected chi connectivity index (χ3v) is 6.57. The average Bonchev–Trinajstić information content (AvgIpc) is 2.84. The number of carbonyl (C=O) groups excluding carboxylic acids is 1. The molecule has 0 atom stereocenters. The highest BCUT2D eigenvalue weighted by Crippen LogP contribution is 2.29. The highest BCUT2D eigenvalue weighted by atomic mass is 16.5. The van der Waals surface area contributed by atoms with Crippen molar-refractivity contribution in [1.82, 2.24) is 9.88 Å². The van der Waals surface area contributed by atoms with Gasteiger partial charge in [-0.3, -0.25) is 4.79 Å². The zero-order valence-corrected chi connectivity index (χ0v) is 18.9. The normalized spacial score (nSPS) is 17.1. The molecule has 0 bridgehead atoms. The Balaban J connectivity index is 1.36. The molecule has 0 saturated carbocycles. The van der Waals surface area contributed by atoms with Crippen molar-refractivity contribution in [1.29, 1.82) is 0 Å². The van der Waals surface area contributed by atoms with E-state index >= 15 is 0 Å². The van der Waals surface area contributed by atoms with Crippen LogP contribution in [0, 0.1) is 13.8 Å². The van der Waals surface area contributed by atoms with Gasteiger partial charge in [-0.1, -0.05) is 42.0 Å². The van der Waals surface area contributed by atoms with Gasteiger partial charge in [-0.05, 0) is 30.9 Å². The first-order valence-electron chi connectivity index (χ1n) is 11.4. The number of piperazine rings is 1. The van der Waals surface area contributed by atoms with Crippen molar-refractivity contribution in [3.05, 3.63) is 65.4 Å². The maximum absolute atomic E-state index is 13.5. The van der Waals surface area contributed by atoms with E-state index in [2.05, 4.69) is 47.9 Å². The second kappa shape index (κ2) is 8.79. The summed E-state index contributed by atoms with van der Waals surface area (Å²) in [5, 5.41) is 2.01. The van der Waals surface area contributed by atoms with E-state index in [1.54, 1.807) is 6.20 Å². The molecule has 6 nitrogen and oxygen atoms in total. The maximum atomic E-state index is 13.5. The van der Waals surface area contributed by atoms with Gasteiger partial charge in [-0.2, -0.15) is 0 Å². The van der Waals surface area contributed by atoms with Gasteiger partial charge in [0, 0.05) is 56.5 Å². The standard InChI is InChI=1S/C26H30N4O2/c1-19-7-8-24(20(2)17-19)28-9-11-30(12-10-28)26(31)23-18-27-25(29-13-15-32-16-14-29)22-6-4-3-5-21(22)23/h3-8,17-18H,9-16H2,1-2H3. The van der Waals surface area contributed by atoms with E-state index in [0.717, 1.165) is 42.8 Å². The first kappa shape index (κ1) is 20.8. The summed E-state index contributed by atoms with van der Waals surface area (Å²) in [5.41, 5.74) is 4.53. The van der Waals surface area contributed by atoms with E-state index in [0.29, 0.717) is 31.9 Å². The van der Waals surface area contributed by atoms with E-state index in [-0.39, 0.29) is 5.91 Å². The summed E-state index contributed by atoms with van der Waals surface area (Å²) >= 11 is 0. The van der Waals surface area contributed by atoms with Crippen molar-refractivity contribution < 1.29 is 9.53 Å². The molecule has 6 heteroatoms. The molecule has 1 aromatic heterocycles. The van der Waals surface area contributed by atoms with Crippen LogP contribution in [-0.4, -0.2) is 68.3 Å². The minimum absolute atomic E-state index is 0.0718. The largest absolute Gasteiger partial charge is 0.378 e. The molecule has 0 unspecified atom stereocenters. The van der Waals surface area contributed by atoms with Crippen LogP contribution in [0.5, 0.6) is 0 Å². The van der Waals surface area contributed by atoms with E-state index in [1.807, 2.05) is 23.1 Å². The highest BCUT2D eigenvalue weighted by molar-refractivity contribution is 6.09. The predicted octanol–water partition coefficient (Wildman–Crippen LogP) is 3.65. The number of fused-ring (bicyclic) bond motifs is 1. The molecule has 0 radical (unpaired) electrons. The average molecular weight is 431 g/mol. The van der Waals surface area contributed by atoms with Crippen LogP contribution < -0.4 is 9.80 Å². The van der Waals surface area contributed by atoms with Crippen LogP contribution in [0.1, 0.15) is 21.5 Å². The van der Waals surface area contributed by atoms with Crippen LogP contribution >= 0.6 is 0 Å². The lowest BCUT2D eigenvalue weighted by Gasteiger charge is -2.37. The Morgan fingerprint density at radius 1 is 0.875 bits per heavy atom. The van der Waals surface area contributed by atoms with Crippen LogP contribution in [0.2, 0.25) is 0 Å². The molecule has 5 rings (SSSR count). The Hall–Kier alpha value is -3.12. The molecule has 2 aliphatic heterocycles. The minimum Gasteiger partial charge on any atom is -0.378 e. The second-order valence-electron chi connectivity index (χ2n) is 8.71. The molecule has 2 saturated heterocycles. The van der Waals surface area contributed by atoms with Gasteiger partial charge in [0.1, 0.15) is 5.82 Å². The number of hydrogen-bond acceptors (Lipinski definition) is 5. The Labute approximate surface area is 189 Å². The predicted molar refractivity (Wildman–Crippen MR) is 129 cm³/mol. The summed E-state index contributed by atoms with van der Waals surface area (Å²) in [6.07, 6.45) is 1.77. The van der Waals surface area contributed by atoms with E-state index in [9.17, 15) is 4.79 Å². The number of rotatable bonds is 3. The fraction of sp³-hybridized carbons (Fsp3) is 0.385. The summed E-state index contributed by atoms with van der Waals surface area (Å²) in [6, 6.07) is 14.7. The maximum Gasteiger partial charge on any atom is 0.256 e. The topological polar surface area (TPSA) is 48.9 Å². The van der Waals surface area contributed by atoms with Crippen molar-refractivity contribution in [2.24, 2.45) is 0 Å². The summed E-state index contributed by atoms with van der Waals surface area (Å²) in [5.74, 6) is 1.02. The Morgan fingerprint density at radius 3 is 2.31 bits per heavy atom. The summed E-state index contributed by atoms with van der Waals surface area (Å²) in [6.45, 7) is 10.5. The van der Waals surface area contributed by atoms with Crippen LogP contribution in [0.4, 0.5) is 11.5 Å². The number of nitrogens with zero attached hydrogens (tertiary/aromatic N) is 4. The highest BCUT2D eigenvalue weighted by Gasteiger charge is 2.26. The van der Waals surface area contributed by atoms with Crippen molar-refractivity contribution in [2.75, 3.05) is 62.3 Å². The minimum atomic E-state index is 0.0718. The van der Waals surface area contributed by atoms with E-state index < -0.39 is 0 Å². The van der Waals surface area contributed by atoms with Gasteiger partial charge in [0.05, 0.1) is 18.8 Å². The lowest BCUT2D eigenvalue weighted by Crippen LogP contribution is -2.49. The monoisotopic (exact) mass is 430 g/mol. The van der Waals surface area contributed by atoms with Gasteiger partial charge in [0.15, 0.2) is 0 Å². The Kier molecular flexibility index (Phi) is 5.70. The second-order valence-corrected chi connectivity index (χ2v) is 8.71. The fourth-order valence-electron chi connectivity index (χ4n) is 4.86. The summed E-state index contributed by atoms with van der Waals surface area (Å²) in [4.78, 5) is 24.8. The smallest absolute Gasteiger partial charge is 0.256 e. The van der Waals surface area contributed by atoms with Crippen LogP contribution in [0.3, 0.4) is 0 Å². The van der Waals surface area contributed by atoms with Crippen LogP contribution in [0.25, 0.3) is 10.8 Å². The number of hydrogen-bond donors (Lipinski definition) is 0. The molecule has 0 N–H and O–H groups in total. The van der Waals surface area contributed by atoms with Gasteiger partial charge in [0.25, 0.3) is 5.91 Å². The van der Waals surface area contributed by atoms with E-state index in [4.69, 9.17) is 9.72 Å². The molecule has 2 aromatic carbocycles. The number of morpholine rings is 1. The fourth-order valence-corrected chi connectivity index (χ4v) is 4.86. The van der Waals surface area contributed by atoms with Gasteiger partial charge in [-0.15, -0.1) is 0 Å². The number of carbonyl (C=O) groups is 1. The Bertz CT molecular complexity index is 1130. The lowest BCUT2D eigenvalue weighted by molar-refractivity contribution is 0.0748. The number of aryl methyl sites for hydroxylation is 2. The molecule has 2 aliphatic rings. The number of aromatic nitrogens is 1.